The standard InChI is InChI=1S/C34H30IN3O6S/c1-5-42-26-13-11-23(12-14-26)30-29(33(40)43-6-2)20(3)37-34-38(30)32(39)28(45-34)16-24-15-25(35)17-27(41-4)31(24)44-19-22-9-7-21(18-36)8-10-22/h7-17,30H,5-6,19H2,1-4H3/b28-16-/t30-/m1/s1. The summed E-state index contributed by atoms with van der Waals surface area (Å²) in [6.45, 7) is 6.34. The van der Waals surface area contributed by atoms with E-state index in [0.717, 1.165) is 14.7 Å². The number of aromatic nitrogens is 1. The highest BCUT2D eigenvalue weighted by Crippen LogP contribution is 2.35. The number of esters is 1. The van der Waals surface area contributed by atoms with Crippen LogP contribution in [0.1, 0.15) is 49.1 Å². The van der Waals surface area contributed by atoms with Crippen LogP contribution in [0.15, 0.2) is 81.7 Å². The quantitative estimate of drug-likeness (QED) is 0.161. The van der Waals surface area contributed by atoms with Gasteiger partial charge in [0.15, 0.2) is 16.3 Å². The molecule has 1 aliphatic rings. The van der Waals surface area contributed by atoms with E-state index in [1.54, 1.807) is 43.7 Å². The highest BCUT2D eigenvalue weighted by Gasteiger charge is 2.33. The smallest absolute Gasteiger partial charge is 0.338 e. The zero-order valence-electron chi connectivity index (χ0n) is 25.1. The molecule has 0 radical (unpaired) electrons. The van der Waals surface area contributed by atoms with E-state index >= 15 is 0 Å². The summed E-state index contributed by atoms with van der Waals surface area (Å²) in [5.41, 5.74) is 3.30. The lowest BCUT2D eigenvalue weighted by atomic mass is 9.96. The average molecular weight is 736 g/mol. The maximum absolute atomic E-state index is 14.2. The van der Waals surface area contributed by atoms with Crippen molar-refractivity contribution in [2.45, 2.75) is 33.4 Å². The molecule has 0 bridgehead atoms. The van der Waals surface area contributed by atoms with Crippen molar-refractivity contribution in [3.63, 3.8) is 0 Å². The van der Waals surface area contributed by atoms with Crippen LogP contribution in [0, 0.1) is 14.9 Å². The van der Waals surface area contributed by atoms with Gasteiger partial charge in [-0.05, 0) is 97.0 Å². The van der Waals surface area contributed by atoms with E-state index in [4.69, 9.17) is 24.2 Å². The van der Waals surface area contributed by atoms with E-state index in [-0.39, 0.29) is 18.8 Å². The van der Waals surface area contributed by atoms with Crippen LogP contribution in [-0.4, -0.2) is 30.9 Å². The predicted molar refractivity (Wildman–Crippen MR) is 179 cm³/mol. The molecule has 0 fully saturated rings. The SMILES string of the molecule is CCOC(=O)C1=C(C)N=c2s/c(=C\c3cc(I)cc(OC)c3OCc3ccc(C#N)cc3)c(=O)n2[C@@H]1c1ccc(OCC)cc1. The van der Waals surface area contributed by atoms with Crippen molar-refractivity contribution in [3.8, 4) is 23.3 Å². The van der Waals surface area contributed by atoms with Gasteiger partial charge in [-0.25, -0.2) is 9.79 Å². The van der Waals surface area contributed by atoms with Crippen LogP contribution in [0.3, 0.4) is 0 Å². The molecule has 0 N–H and O–H groups in total. The summed E-state index contributed by atoms with van der Waals surface area (Å²) in [6.07, 6.45) is 1.77. The summed E-state index contributed by atoms with van der Waals surface area (Å²) in [5.74, 6) is 1.16. The minimum absolute atomic E-state index is 0.190. The second-order valence-corrected chi connectivity index (χ2v) is 12.2. The molecule has 0 amide bonds. The van der Waals surface area contributed by atoms with E-state index < -0.39 is 12.0 Å². The number of benzene rings is 3. The third-order valence-electron chi connectivity index (χ3n) is 7.04. The molecule has 230 valence electrons. The number of ether oxygens (including phenoxy) is 4. The predicted octanol–water partition coefficient (Wildman–Crippen LogP) is 5.26. The lowest BCUT2D eigenvalue weighted by Gasteiger charge is -2.24. The van der Waals surface area contributed by atoms with Gasteiger partial charge in [0.2, 0.25) is 0 Å². The highest BCUT2D eigenvalue weighted by atomic mass is 127. The number of hydrogen-bond acceptors (Lipinski definition) is 9. The number of allylic oxidation sites excluding steroid dienone is 1. The van der Waals surface area contributed by atoms with Gasteiger partial charge in [-0.1, -0.05) is 35.6 Å². The van der Waals surface area contributed by atoms with Gasteiger partial charge >= 0.3 is 5.97 Å². The maximum Gasteiger partial charge on any atom is 0.338 e. The molecule has 3 aromatic carbocycles. The number of nitrogens with zero attached hydrogens (tertiary/aromatic N) is 3. The Morgan fingerprint density at radius 1 is 1.09 bits per heavy atom. The van der Waals surface area contributed by atoms with Gasteiger partial charge < -0.3 is 18.9 Å². The number of halogens is 1. The van der Waals surface area contributed by atoms with Crippen LogP contribution in [0.4, 0.5) is 0 Å². The fourth-order valence-corrected chi connectivity index (χ4v) is 6.65. The van der Waals surface area contributed by atoms with Gasteiger partial charge in [0.05, 0.1) is 53.8 Å². The Bertz CT molecular complexity index is 1990. The topological polar surface area (TPSA) is 112 Å². The van der Waals surface area contributed by atoms with Crippen LogP contribution in [0.5, 0.6) is 17.2 Å². The molecular weight excluding hydrogens is 705 g/mol. The Balaban J connectivity index is 1.63. The molecule has 0 saturated carbocycles. The fourth-order valence-electron chi connectivity index (χ4n) is 4.99. The van der Waals surface area contributed by atoms with Gasteiger partial charge in [-0.15, -0.1) is 0 Å². The van der Waals surface area contributed by atoms with Crippen LogP contribution >= 0.6 is 33.9 Å². The summed E-state index contributed by atoms with van der Waals surface area (Å²) >= 11 is 3.43. The molecule has 4 aromatic rings. The van der Waals surface area contributed by atoms with E-state index in [9.17, 15) is 9.59 Å². The molecule has 0 spiro atoms. The van der Waals surface area contributed by atoms with Crippen molar-refractivity contribution in [2.24, 2.45) is 4.99 Å². The molecule has 0 saturated heterocycles. The fraction of sp³-hybridized carbons (Fsp3) is 0.235. The Hall–Kier alpha value is -4.41. The second-order valence-electron chi connectivity index (χ2n) is 9.93. The van der Waals surface area contributed by atoms with Crippen molar-refractivity contribution < 1.29 is 23.7 Å². The number of methoxy groups -OCH3 is 1. The Morgan fingerprint density at radius 2 is 1.82 bits per heavy atom. The average Bonchev–Trinajstić information content (AvgIpc) is 3.34. The van der Waals surface area contributed by atoms with Crippen molar-refractivity contribution in [2.75, 3.05) is 20.3 Å². The van der Waals surface area contributed by atoms with Crippen molar-refractivity contribution in [3.05, 3.63) is 117 Å². The Kier molecular flexibility index (Phi) is 10.0. The third-order valence-corrected chi connectivity index (χ3v) is 8.65. The summed E-state index contributed by atoms with van der Waals surface area (Å²) in [5, 5.41) is 9.12. The molecular formula is C34H30IN3O6S. The Labute approximate surface area is 277 Å². The number of thiazole rings is 1. The van der Waals surface area contributed by atoms with Crippen molar-refractivity contribution in [1.29, 1.82) is 5.26 Å². The molecule has 9 nitrogen and oxygen atoms in total. The number of fused-ring (bicyclic) bond motifs is 1. The van der Waals surface area contributed by atoms with Crippen molar-refractivity contribution >= 4 is 46.0 Å². The van der Waals surface area contributed by atoms with E-state index in [1.807, 2.05) is 55.5 Å². The number of carbonyl (C=O) groups is 1. The number of nitriles is 1. The summed E-state index contributed by atoms with van der Waals surface area (Å²) in [4.78, 5) is 32.5. The van der Waals surface area contributed by atoms with Gasteiger partial charge in [0.1, 0.15) is 12.4 Å². The van der Waals surface area contributed by atoms with Gasteiger partial charge in [-0.2, -0.15) is 5.26 Å². The normalized spacial score (nSPS) is 14.3. The first-order valence-electron chi connectivity index (χ1n) is 14.2. The summed E-state index contributed by atoms with van der Waals surface area (Å²) in [6, 6.07) is 19.6. The summed E-state index contributed by atoms with van der Waals surface area (Å²) in [7, 11) is 1.56. The lowest BCUT2D eigenvalue weighted by Crippen LogP contribution is -2.39. The van der Waals surface area contributed by atoms with Crippen LogP contribution in [0.25, 0.3) is 6.08 Å². The Morgan fingerprint density at radius 3 is 2.47 bits per heavy atom. The molecule has 5 rings (SSSR count). The van der Waals surface area contributed by atoms with E-state index in [0.29, 0.717) is 55.6 Å². The van der Waals surface area contributed by atoms with E-state index in [1.165, 1.54) is 11.3 Å². The molecule has 0 unspecified atom stereocenters. The molecule has 1 atom stereocenters. The first kappa shape index (κ1) is 32.0. The maximum atomic E-state index is 14.2. The van der Waals surface area contributed by atoms with Crippen LogP contribution < -0.4 is 29.1 Å². The highest BCUT2D eigenvalue weighted by molar-refractivity contribution is 14.1. The minimum Gasteiger partial charge on any atom is -0.494 e. The van der Waals surface area contributed by atoms with Gasteiger partial charge in [0, 0.05) is 9.13 Å². The molecule has 11 heteroatoms. The van der Waals surface area contributed by atoms with Crippen LogP contribution in [0.2, 0.25) is 0 Å². The number of rotatable bonds is 10. The largest absolute Gasteiger partial charge is 0.494 e. The van der Waals surface area contributed by atoms with Crippen molar-refractivity contribution in [1.82, 2.24) is 4.57 Å². The molecule has 2 heterocycles. The molecule has 0 aliphatic carbocycles. The monoisotopic (exact) mass is 735 g/mol. The molecule has 1 aliphatic heterocycles. The minimum atomic E-state index is -0.740. The molecule has 45 heavy (non-hydrogen) atoms. The first-order chi connectivity index (χ1) is 21.8. The second kappa shape index (κ2) is 14.1. The van der Waals surface area contributed by atoms with Gasteiger partial charge in [-0.3, -0.25) is 9.36 Å². The number of carbonyl (C=O) groups excluding carboxylic acids is 1. The van der Waals surface area contributed by atoms with Gasteiger partial charge in [0.25, 0.3) is 5.56 Å². The third kappa shape index (κ3) is 6.82. The zero-order valence-corrected chi connectivity index (χ0v) is 28.1. The summed E-state index contributed by atoms with van der Waals surface area (Å²) < 4.78 is 25.8. The first-order valence-corrected chi connectivity index (χ1v) is 16.1. The van der Waals surface area contributed by atoms with E-state index in [2.05, 4.69) is 33.7 Å². The lowest BCUT2D eigenvalue weighted by molar-refractivity contribution is -0.139. The zero-order chi connectivity index (χ0) is 32.1. The number of hydrogen-bond donors (Lipinski definition) is 0. The molecule has 1 aromatic heterocycles. The van der Waals surface area contributed by atoms with Crippen LogP contribution in [-0.2, 0) is 16.1 Å².